The Balaban J connectivity index is 1.43. The third-order valence-electron chi connectivity index (χ3n) is 5.73. The number of pyridine rings is 1. The second kappa shape index (κ2) is 8.93. The first-order chi connectivity index (χ1) is 13.7. The lowest BCUT2D eigenvalue weighted by molar-refractivity contribution is 0.0792. The van der Waals surface area contributed by atoms with Crippen LogP contribution in [-0.2, 0) is 0 Å². The maximum atomic E-state index is 12.5. The van der Waals surface area contributed by atoms with E-state index in [1.165, 1.54) is 12.8 Å². The lowest BCUT2D eigenvalue weighted by Gasteiger charge is -2.29. The minimum absolute atomic E-state index is 0.0857. The van der Waals surface area contributed by atoms with E-state index in [0.29, 0.717) is 5.56 Å². The molecule has 4 rings (SSSR count). The van der Waals surface area contributed by atoms with Crippen LogP contribution in [0.25, 0.3) is 0 Å². The Kier molecular flexibility index (Phi) is 6.13. The molecule has 1 aromatic carbocycles. The topological polar surface area (TPSA) is 48.5 Å². The molecule has 2 fully saturated rings. The quantitative estimate of drug-likeness (QED) is 0.791. The van der Waals surface area contributed by atoms with Gasteiger partial charge in [-0.05, 0) is 62.5 Å². The minimum Gasteiger partial charge on any atom is -0.368 e. The van der Waals surface area contributed by atoms with Gasteiger partial charge in [-0.15, -0.1) is 0 Å². The number of nitrogens with zero attached hydrogens (tertiary/aromatic N) is 3. The summed E-state index contributed by atoms with van der Waals surface area (Å²) in [5, 5.41) is 4.25. The fourth-order valence-electron chi connectivity index (χ4n) is 4.16. The summed E-state index contributed by atoms with van der Waals surface area (Å²) in [4.78, 5) is 21.3. The summed E-state index contributed by atoms with van der Waals surface area (Å²) in [7, 11) is 0. The van der Waals surface area contributed by atoms with Crippen LogP contribution in [0.5, 0.6) is 0 Å². The van der Waals surface area contributed by atoms with Crippen LogP contribution in [0, 0.1) is 0 Å². The molecule has 0 radical (unpaired) electrons. The Bertz CT molecular complexity index is 798. The first-order valence-electron chi connectivity index (χ1n) is 10.2. The molecule has 0 bridgehead atoms. The van der Waals surface area contributed by atoms with E-state index in [2.05, 4.69) is 21.3 Å². The predicted octanol–water partition coefficient (Wildman–Crippen LogP) is 4.22. The van der Waals surface area contributed by atoms with Gasteiger partial charge in [0.15, 0.2) is 0 Å². The highest BCUT2D eigenvalue weighted by atomic mass is 35.5. The molecular formula is C22H27ClN4O. The number of carbonyl (C=O) groups is 1. The van der Waals surface area contributed by atoms with Crippen molar-refractivity contribution in [2.75, 3.05) is 38.0 Å². The van der Waals surface area contributed by atoms with Crippen molar-refractivity contribution >= 4 is 23.3 Å². The van der Waals surface area contributed by atoms with E-state index in [4.69, 9.17) is 11.6 Å². The molecule has 2 aliphatic rings. The number of hydrogen-bond acceptors (Lipinski definition) is 4. The molecule has 1 atom stereocenters. The standard InChI is InChI=1S/C22H27ClN4O/c23-19-8-2-1-7-18(19)20(26-11-3-4-12-26)16-25-21-10-9-17(15-24-21)22(28)27-13-5-6-14-27/h1-2,7-10,15,20H,3-6,11-14,16H2,(H,24,25)/t20-/m1/s1. The van der Waals surface area contributed by atoms with Gasteiger partial charge in [0.25, 0.3) is 5.91 Å². The first kappa shape index (κ1) is 19.2. The molecule has 148 valence electrons. The number of carbonyl (C=O) groups excluding carboxylic acids is 1. The van der Waals surface area contributed by atoms with E-state index in [1.54, 1.807) is 6.20 Å². The molecule has 0 saturated carbocycles. The molecule has 3 heterocycles. The van der Waals surface area contributed by atoms with Crippen LogP contribution in [-0.4, -0.2) is 53.4 Å². The second-order valence-corrected chi connectivity index (χ2v) is 8.00. The highest BCUT2D eigenvalue weighted by molar-refractivity contribution is 6.31. The average molecular weight is 399 g/mol. The average Bonchev–Trinajstić information content (AvgIpc) is 3.44. The summed E-state index contributed by atoms with van der Waals surface area (Å²) in [6.45, 7) is 4.63. The van der Waals surface area contributed by atoms with Crippen LogP contribution in [0.2, 0.25) is 5.02 Å². The zero-order valence-corrected chi connectivity index (χ0v) is 16.9. The van der Waals surface area contributed by atoms with Crippen molar-refractivity contribution < 1.29 is 4.79 Å². The second-order valence-electron chi connectivity index (χ2n) is 7.59. The maximum Gasteiger partial charge on any atom is 0.255 e. The smallest absolute Gasteiger partial charge is 0.255 e. The van der Waals surface area contributed by atoms with Crippen LogP contribution in [0.3, 0.4) is 0 Å². The molecule has 2 aromatic rings. The van der Waals surface area contributed by atoms with Gasteiger partial charge in [-0.3, -0.25) is 9.69 Å². The number of nitrogens with one attached hydrogen (secondary N) is 1. The molecule has 0 spiro atoms. The van der Waals surface area contributed by atoms with Gasteiger partial charge in [0.2, 0.25) is 0 Å². The lowest BCUT2D eigenvalue weighted by atomic mass is 10.1. The minimum atomic E-state index is 0.0857. The third kappa shape index (κ3) is 4.31. The van der Waals surface area contributed by atoms with Gasteiger partial charge in [0.05, 0.1) is 11.6 Å². The van der Waals surface area contributed by atoms with Crippen LogP contribution >= 0.6 is 11.6 Å². The Morgan fingerprint density at radius 1 is 1.04 bits per heavy atom. The van der Waals surface area contributed by atoms with E-state index in [9.17, 15) is 4.79 Å². The summed E-state index contributed by atoms with van der Waals surface area (Å²) in [5.41, 5.74) is 1.81. The SMILES string of the molecule is O=C(c1ccc(NC[C@H](c2ccccc2Cl)N2CCCC2)nc1)N1CCCC1. The van der Waals surface area contributed by atoms with Crippen molar-refractivity contribution in [1.29, 1.82) is 0 Å². The van der Waals surface area contributed by atoms with Crippen LogP contribution < -0.4 is 5.32 Å². The zero-order valence-electron chi connectivity index (χ0n) is 16.1. The molecule has 28 heavy (non-hydrogen) atoms. The highest BCUT2D eigenvalue weighted by Gasteiger charge is 2.25. The number of likely N-dealkylation sites (tertiary alicyclic amines) is 2. The molecule has 0 unspecified atom stereocenters. The summed E-state index contributed by atoms with van der Waals surface area (Å²) in [6, 6.07) is 12.1. The summed E-state index contributed by atoms with van der Waals surface area (Å²) in [5.74, 6) is 0.872. The molecule has 1 aromatic heterocycles. The normalized spacial score (nSPS) is 18.4. The van der Waals surface area contributed by atoms with Crippen molar-refractivity contribution in [1.82, 2.24) is 14.8 Å². The van der Waals surface area contributed by atoms with Gasteiger partial charge in [-0.1, -0.05) is 29.8 Å². The van der Waals surface area contributed by atoms with Gasteiger partial charge >= 0.3 is 0 Å². The molecule has 5 nitrogen and oxygen atoms in total. The maximum absolute atomic E-state index is 12.5. The van der Waals surface area contributed by atoms with E-state index in [-0.39, 0.29) is 11.9 Å². The predicted molar refractivity (Wildman–Crippen MR) is 113 cm³/mol. The molecular weight excluding hydrogens is 372 g/mol. The number of rotatable bonds is 6. The zero-order chi connectivity index (χ0) is 19.3. The van der Waals surface area contributed by atoms with Crippen molar-refractivity contribution in [2.24, 2.45) is 0 Å². The van der Waals surface area contributed by atoms with E-state index < -0.39 is 0 Å². The molecule has 6 heteroatoms. The van der Waals surface area contributed by atoms with Gasteiger partial charge in [0, 0.05) is 30.9 Å². The summed E-state index contributed by atoms with van der Waals surface area (Å²) in [6.07, 6.45) is 6.33. The van der Waals surface area contributed by atoms with Crippen molar-refractivity contribution in [2.45, 2.75) is 31.7 Å². The number of anilines is 1. The number of benzene rings is 1. The van der Waals surface area contributed by atoms with Gasteiger partial charge in [0.1, 0.15) is 5.82 Å². The van der Waals surface area contributed by atoms with Crippen LogP contribution in [0.1, 0.15) is 47.6 Å². The molecule has 2 saturated heterocycles. The van der Waals surface area contributed by atoms with E-state index in [1.807, 2.05) is 35.2 Å². The molecule has 2 aliphatic heterocycles. The number of amides is 1. The Hall–Kier alpha value is -2.11. The molecule has 1 N–H and O–H groups in total. The van der Waals surface area contributed by atoms with Crippen molar-refractivity contribution in [3.8, 4) is 0 Å². The number of aromatic nitrogens is 1. The van der Waals surface area contributed by atoms with E-state index in [0.717, 1.165) is 62.0 Å². The largest absolute Gasteiger partial charge is 0.368 e. The monoisotopic (exact) mass is 398 g/mol. The van der Waals surface area contributed by atoms with Gasteiger partial charge < -0.3 is 10.2 Å². The highest BCUT2D eigenvalue weighted by Crippen LogP contribution is 2.30. The first-order valence-corrected chi connectivity index (χ1v) is 10.6. The summed E-state index contributed by atoms with van der Waals surface area (Å²) < 4.78 is 0. The summed E-state index contributed by atoms with van der Waals surface area (Å²) >= 11 is 6.48. The van der Waals surface area contributed by atoms with Gasteiger partial charge in [-0.2, -0.15) is 0 Å². The molecule has 0 aliphatic carbocycles. The number of halogens is 1. The fourth-order valence-corrected chi connectivity index (χ4v) is 4.43. The molecule has 1 amide bonds. The van der Waals surface area contributed by atoms with Gasteiger partial charge in [-0.25, -0.2) is 4.98 Å². The van der Waals surface area contributed by atoms with Crippen molar-refractivity contribution in [3.05, 3.63) is 58.7 Å². The third-order valence-corrected chi connectivity index (χ3v) is 6.07. The van der Waals surface area contributed by atoms with Crippen molar-refractivity contribution in [3.63, 3.8) is 0 Å². The fraction of sp³-hybridized carbons (Fsp3) is 0.455. The number of hydrogen-bond donors (Lipinski definition) is 1. The van der Waals surface area contributed by atoms with E-state index >= 15 is 0 Å². The Labute approximate surface area is 171 Å². The lowest BCUT2D eigenvalue weighted by Crippen LogP contribution is -2.31. The van der Waals surface area contributed by atoms with Crippen LogP contribution in [0.15, 0.2) is 42.6 Å². The Morgan fingerprint density at radius 3 is 2.43 bits per heavy atom. The Morgan fingerprint density at radius 2 is 1.75 bits per heavy atom. The van der Waals surface area contributed by atoms with Crippen LogP contribution in [0.4, 0.5) is 5.82 Å².